The van der Waals surface area contributed by atoms with E-state index in [0.29, 0.717) is 16.9 Å². The molecule has 29 heavy (non-hydrogen) atoms. The third-order valence-corrected chi connectivity index (χ3v) is 5.05. The molecule has 0 unspecified atom stereocenters. The molecule has 3 heterocycles. The summed E-state index contributed by atoms with van der Waals surface area (Å²) in [4.78, 5) is 39.7. The van der Waals surface area contributed by atoms with E-state index >= 15 is 0 Å². The molecule has 3 amide bonds. The number of hydrogen-bond donors (Lipinski definition) is 2. The fourth-order valence-electron chi connectivity index (χ4n) is 2.96. The number of furan rings is 1. The van der Waals surface area contributed by atoms with Crippen LogP contribution in [0.15, 0.2) is 52.0 Å². The average molecular weight is 407 g/mol. The van der Waals surface area contributed by atoms with Crippen molar-refractivity contribution in [3.8, 4) is 11.1 Å². The molecule has 4 rings (SSSR count). The minimum Gasteiger partial charge on any atom is -0.456 e. The number of fused-ring (bicyclic) bond motifs is 1. The van der Waals surface area contributed by atoms with Gasteiger partial charge in [-0.25, -0.2) is 0 Å². The molecule has 146 valence electrons. The quantitative estimate of drug-likeness (QED) is 0.635. The van der Waals surface area contributed by atoms with Gasteiger partial charge >= 0.3 is 0 Å². The van der Waals surface area contributed by atoms with Crippen LogP contribution in [-0.2, 0) is 4.79 Å². The Morgan fingerprint density at radius 2 is 1.97 bits per heavy atom. The molecule has 1 fully saturated rings. The first-order chi connectivity index (χ1) is 13.9. The van der Waals surface area contributed by atoms with E-state index in [-0.39, 0.29) is 16.9 Å². The summed E-state index contributed by atoms with van der Waals surface area (Å²) in [6.45, 7) is 3.82. The Balaban J connectivity index is 1.67. The molecular formula is C21H17N3O4S. The summed E-state index contributed by atoms with van der Waals surface area (Å²) < 4.78 is 5.93. The minimum atomic E-state index is -0.436. The Labute approximate surface area is 170 Å². The van der Waals surface area contributed by atoms with Crippen LogP contribution in [0.4, 0.5) is 4.79 Å². The molecule has 0 radical (unpaired) electrons. The van der Waals surface area contributed by atoms with Gasteiger partial charge in [-0.1, -0.05) is 12.1 Å². The lowest BCUT2D eigenvalue weighted by Crippen LogP contribution is -2.29. The van der Waals surface area contributed by atoms with Crippen LogP contribution in [0.25, 0.3) is 28.2 Å². The fourth-order valence-corrected chi connectivity index (χ4v) is 3.62. The summed E-state index contributed by atoms with van der Waals surface area (Å²) >= 11 is 0.835. The zero-order valence-corrected chi connectivity index (χ0v) is 16.5. The maximum Gasteiger partial charge on any atom is 0.290 e. The van der Waals surface area contributed by atoms with Gasteiger partial charge in [0.05, 0.1) is 4.91 Å². The van der Waals surface area contributed by atoms with Gasteiger partial charge < -0.3 is 9.73 Å². The van der Waals surface area contributed by atoms with Gasteiger partial charge in [-0.2, -0.15) is 0 Å². The number of pyridine rings is 1. The lowest BCUT2D eigenvalue weighted by molar-refractivity contribution is -0.115. The molecule has 0 spiro atoms. The average Bonchev–Trinajstić information content (AvgIpc) is 3.23. The number of nitrogens with one attached hydrogen (secondary N) is 2. The smallest absolute Gasteiger partial charge is 0.290 e. The number of rotatable bonds is 4. The van der Waals surface area contributed by atoms with E-state index in [4.69, 9.17) is 4.42 Å². The Hall–Kier alpha value is -3.39. The van der Waals surface area contributed by atoms with Gasteiger partial charge in [0.15, 0.2) is 0 Å². The first-order valence-electron chi connectivity index (χ1n) is 8.94. The highest BCUT2D eigenvalue weighted by atomic mass is 32.2. The Morgan fingerprint density at radius 3 is 2.62 bits per heavy atom. The maximum atomic E-state index is 12.1. The van der Waals surface area contributed by atoms with Crippen LogP contribution in [0.3, 0.4) is 0 Å². The van der Waals surface area contributed by atoms with E-state index in [1.54, 1.807) is 30.6 Å². The normalized spacial score (nSPS) is 15.3. The zero-order valence-electron chi connectivity index (χ0n) is 15.7. The van der Waals surface area contributed by atoms with E-state index in [2.05, 4.69) is 15.6 Å². The first-order valence-corrected chi connectivity index (χ1v) is 9.76. The molecule has 2 N–H and O–H groups in total. The van der Waals surface area contributed by atoms with Crippen molar-refractivity contribution >= 4 is 45.9 Å². The van der Waals surface area contributed by atoms with Crippen molar-refractivity contribution in [2.75, 3.05) is 0 Å². The molecule has 1 aliphatic rings. The van der Waals surface area contributed by atoms with E-state index in [1.807, 2.05) is 26.0 Å². The minimum absolute atomic E-state index is 0.0613. The summed E-state index contributed by atoms with van der Waals surface area (Å²) in [7, 11) is 0. The van der Waals surface area contributed by atoms with Crippen LogP contribution < -0.4 is 10.6 Å². The lowest BCUT2D eigenvalue weighted by atomic mass is 10.0. The molecule has 0 aliphatic carbocycles. The number of benzene rings is 1. The molecule has 1 aliphatic heterocycles. The van der Waals surface area contributed by atoms with Crippen LogP contribution in [0.1, 0.15) is 30.0 Å². The van der Waals surface area contributed by atoms with Gasteiger partial charge in [-0.15, -0.1) is 0 Å². The molecule has 8 heteroatoms. The summed E-state index contributed by atoms with van der Waals surface area (Å²) in [5.41, 5.74) is 2.80. The number of nitrogens with zero attached hydrogens (tertiary/aromatic N) is 1. The van der Waals surface area contributed by atoms with Crippen LogP contribution in [-0.4, -0.2) is 28.1 Å². The summed E-state index contributed by atoms with van der Waals surface area (Å²) in [5.74, 6) is -0.111. The summed E-state index contributed by atoms with van der Waals surface area (Å²) in [6.07, 6.45) is 4.89. The third kappa shape index (κ3) is 3.93. The first kappa shape index (κ1) is 18.9. The monoisotopic (exact) mass is 407 g/mol. The molecule has 0 bridgehead atoms. The molecule has 0 atom stereocenters. The van der Waals surface area contributed by atoms with Gasteiger partial charge in [-0.3, -0.25) is 24.7 Å². The highest BCUT2D eigenvalue weighted by molar-refractivity contribution is 8.18. The zero-order chi connectivity index (χ0) is 20.5. The highest BCUT2D eigenvalue weighted by Gasteiger charge is 2.25. The van der Waals surface area contributed by atoms with Crippen molar-refractivity contribution in [3.05, 3.63) is 59.0 Å². The SMILES string of the molecule is CC(C)NC(=O)c1ccc(-c2cncc3cc(C=C4SC(=O)NC4=O)oc23)cc1. The maximum absolute atomic E-state index is 12.1. The Morgan fingerprint density at radius 1 is 1.21 bits per heavy atom. The fraction of sp³-hybridized carbons (Fsp3) is 0.143. The number of carbonyl (C=O) groups is 3. The second-order valence-electron chi connectivity index (χ2n) is 6.81. The number of hydrogen-bond acceptors (Lipinski definition) is 6. The number of carbonyl (C=O) groups excluding carboxylic acids is 3. The van der Waals surface area contributed by atoms with Crippen LogP contribution in [0, 0.1) is 0 Å². The van der Waals surface area contributed by atoms with Crippen molar-refractivity contribution in [2.45, 2.75) is 19.9 Å². The van der Waals surface area contributed by atoms with Crippen LogP contribution in [0.2, 0.25) is 0 Å². The third-order valence-electron chi connectivity index (χ3n) is 4.23. The number of amides is 3. The number of aromatic nitrogens is 1. The van der Waals surface area contributed by atoms with Gasteiger partial charge in [-0.05, 0) is 49.4 Å². The summed E-state index contributed by atoms with van der Waals surface area (Å²) in [5, 5.41) is 5.44. The van der Waals surface area contributed by atoms with E-state index in [0.717, 1.165) is 28.3 Å². The van der Waals surface area contributed by atoms with E-state index in [9.17, 15) is 14.4 Å². The van der Waals surface area contributed by atoms with Gasteiger partial charge in [0.25, 0.3) is 17.1 Å². The Kier molecular flexibility index (Phi) is 4.94. The number of thioether (sulfide) groups is 1. The van der Waals surface area contributed by atoms with Gasteiger partial charge in [0, 0.05) is 41.0 Å². The second-order valence-corrected chi connectivity index (χ2v) is 7.83. The van der Waals surface area contributed by atoms with Crippen molar-refractivity contribution in [1.29, 1.82) is 0 Å². The van der Waals surface area contributed by atoms with E-state index in [1.165, 1.54) is 6.08 Å². The molecule has 3 aromatic rings. The largest absolute Gasteiger partial charge is 0.456 e. The van der Waals surface area contributed by atoms with Gasteiger partial charge in [0.2, 0.25) is 0 Å². The number of imide groups is 1. The second kappa shape index (κ2) is 7.56. The molecule has 0 saturated carbocycles. The van der Waals surface area contributed by atoms with Crippen LogP contribution >= 0.6 is 11.8 Å². The predicted octanol–water partition coefficient (Wildman–Crippen LogP) is 3.96. The van der Waals surface area contributed by atoms with Crippen molar-refractivity contribution in [2.24, 2.45) is 0 Å². The molecule has 1 saturated heterocycles. The van der Waals surface area contributed by atoms with Crippen molar-refractivity contribution in [3.63, 3.8) is 0 Å². The van der Waals surface area contributed by atoms with Crippen molar-refractivity contribution in [1.82, 2.24) is 15.6 Å². The predicted molar refractivity (Wildman–Crippen MR) is 111 cm³/mol. The molecule has 7 nitrogen and oxygen atoms in total. The highest BCUT2D eigenvalue weighted by Crippen LogP contribution is 2.32. The topological polar surface area (TPSA) is 101 Å². The standard InChI is InChI=1S/C21H17N3O4S/c1-11(2)23-19(25)13-5-3-12(4-6-13)16-10-22-9-14-7-15(28-18(14)16)8-17-20(26)24-21(27)29-17/h3-11H,1-2H3,(H,23,25)(H,24,26,27). The van der Waals surface area contributed by atoms with E-state index < -0.39 is 11.1 Å². The van der Waals surface area contributed by atoms with Crippen LogP contribution in [0.5, 0.6) is 0 Å². The lowest BCUT2D eigenvalue weighted by Gasteiger charge is -2.09. The van der Waals surface area contributed by atoms with Crippen molar-refractivity contribution < 1.29 is 18.8 Å². The summed E-state index contributed by atoms with van der Waals surface area (Å²) in [6, 6.07) is 9.01. The van der Waals surface area contributed by atoms with Gasteiger partial charge in [0.1, 0.15) is 11.3 Å². The molecule has 2 aromatic heterocycles. The molecule has 1 aromatic carbocycles. The molecular weight excluding hydrogens is 390 g/mol. The Bertz CT molecular complexity index is 1160.